The molecule has 0 saturated carbocycles. The fourth-order valence-electron chi connectivity index (χ4n) is 3.79. The smallest absolute Gasteiger partial charge is 0.252 e. The van der Waals surface area contributed by atoms with Gasteiger partial charge >= 0.3 is 0 Å². The fourth-order valence-corrected chi connectivity index (χ4v) is 3.79. The van der Waals surface area contributed by atoms with Gasteiger partial charge in [0.15, 0.2) is 0 Å². The predicted molar refractivity (Wildman–Crippen MR) is 96.4 cm³/mol. The largest absolute Gasteiger partial charge is 0.497 e. The molecule has 0 amide bonds. The minimum Gasteiger partial charge on any atom is -0.497 e. The van der Waals surface area contributed by atoms with E-state index >= 15 is 0 Å². The lowest BCUT2D eigenvalue weighted by Crippen LogP contribution is -2.26. The normalized spacial score (nSPS) is 15.7. The van der Waals surface area contributed by atoms with Gasteiger partial charge in [0.05, 0.1) is 7.11 Å². The second kappa shape index (κ2) is 6.24. The average molecular weight is 355 g/mol. The van der Waals surface area contributed by atoms with Crippen molar-refractivity contribution < 1.29 is 18.3 Å². The van der Waals surface area contributed by atoms with Crippen LogP contribution in [0.5, 0.6) is 5.75 Å². The third kappa shape index (κ3) is 2.87. The van der Waals surface area contributed by atoms with E-state index < -0.39 is 5.92 Å². The molecule has 1 aliphatic rings. The maximum absolute atomic E-state index is 14.0. The Hall–Kier alpha value is -2.69. The highest BCUT2D eigenvalue weighted by atomic mass is 19.3. The SMILES string of the molecule is COc1ccc(Cn2c3c(c4cc(C=O)ccc42)CC(F)(F)CC3)cc1. The maximum atomic E-state index is 14.0. The highest BCUT2D eigenvalue weighted by Crippen LogP contribution is 2.39. The van der Waals surface area contributed by atoms with Crippen molar-refractivity contribution in [3.05, 3.63) is 64.8 Å². The first-order chi connectivity index (χ1) is 12.5. The van der Waals surface area contributed by atoms with E-state index in [9.17, 15) is 13.6 Å². The molecule has 134 valence electrons. The number of ether oxygens (including phenoxy) is 1. The van der Waals surface area contributed by atoms with Crippen LogP contribution in [-0.4, -0.2) is 23.9 Å². The van der Waals surface area contributed by atoms with E-state index in [1.54, 1.807) is 19.2 Å². The topological polar surface area (TPSA) is 31.2 Å². The van der Waals surface area contributed by atoms with Gasteiger partial charge in [0.25, 0.3) is 5.92 Å². The Bertz CT molecular complexity index is 974. The molecule has 1 aromatic heterocycles. The Morgan fingerprint density at radius 3 is 2.65 bits per heavy atom. The van der Waals surface area contributed by atoms with Gasteiger partial charge in [-0.05, 0) is 47.9 Å². The molecule has 26 heavy (non-hydrogen) atoms. The number of carbonyl (C=O) groups excluding carboxylic acids is 1. The summed E-state index contributed by atoms with van der Waals surface area (Å²) >= 11 is 0. The molecule has 2 aromatic carbocycles. The molecule has 3 aromatic rings. The molecule has 0 radical (unpaired) electrons. The summed E-state index contributed by atoms with van der Waals surface area (Å²) in [5.41, 5.74) is 4.10. The molecule has 0 N–H and O–H groups in total. The number of nitrogens with zero attached hydrogens (tertiary/aromatic N) is 1. The van der Waals surface area contributed by atoms with Crippen molar-refractivity contribution >= 4 is 17.2 Å². The molecule has 0 unspecified atom stereocenters. The van der Waals surface area contributed by atoms with Gasteiger partial charge in [-0.2, -0.15) is 0 Å². The number of rotatable bonds is 4. The molecule has 4 rings (SSSR count). The zero-order valence-corrected chi connectivity index (χ0v) is 14.5. The van der Waals surface area contributed by atoms with Gasteiger partial charge in [0.2, 0.25) is 0 Å². The predicted octanol–water partition coefficient (Wildman–Crippen LogP) is 4.63. The summed E-state index contributed by atoms with van der Waals surface area (Å²) in [6.45, 7) is 0.599. The van der Waals surface area contributed by atoms with Crippen LogP contribution in [0.3, 0.4) is 0 Å². The molecule has 0 spiro atoms. The van der Waals surface area contributed by atoms with E-state index in [0.717, 1.165) is 34.2 Å². The van der Waals surface area contributed by atoms with Crippen LogP contribution in [-0.2, 0) is 19.4 Å². The van der Waals surface area contributed by atoms with E-state index in [1.807, 2.05) is 30.3 Å². The van der Waals surface area contributed by atoms with Crippen LogP contribution < -0.4 is 4.74 Å². The summed E-state index contributed by atoms with van der Waals surface area (Å²) in [5, 5.41) is 0.762. The van der Waals surface area contributed by atoms with Crippen molar-refractivity contribution in [3.8, 4) is 5.75 Å². The Morgan fingerprint density at radius 1 is 1.19 bits per heavy atom. The van der Waals surface area contributed by atoms with Crippen molar-refractivity contribution in [2.45, 2.75) is 31.7 Å². The van der Waals surface area contributed by atoms with Crippen LogP contribution in [0.2, 0.25) is 0 Å². The molecule has 0 fully saturated rings. The highest BCUT2D eigenvalue weighted by Gasteiger charge is 2.37. The van der Waals surface area contributed by atoms with Crippen LogP contribution in [0, 0.1) is 0 Å². The van der Waals surface area contributed by atoms with Gasteiger partial charge in [-0.15, -0.1) is 0 Å². The lowest BCUT2D eigenvalue weighted by Gasteiger charge is -2.23. The summed E-state index contributed by atoms with van der Waals surface area (Å²) in [7, 11) is 1.62. The Balaban J connectivity index is 1.84. The maximum Gasteiger partial charge on any atom is 0.252 e. The number of alkyl halides is 2. The summed E-state index contributed by atoms with van der Waals surface area (Å²) in [6, 6.07) is 13.1. The molecular formula is C21H19F2NO2. The molecule has 0 aliphatic heterocycles. The third-order valence-corrected chi connectivity index (χ3v) is 5.11. The first kappa shape index (κ1) is 16.8. The number of hydrogen-bond acceptors (Lipinski definition) is 2. The molecule has 0 bridgehead atoms. The molecule has 1 heterocycles. The van der Waals surface area contributed by atoms with Crippen molar-refractivity contribution in [3.63, 3.8) is 0 Å². The molecule has 1 aliphatic carbocycles. The van der Waals surface area contributed by atoms with Crippen LogP contribution in [0.25, 0.3) is 10.9 Å². The monoisotopic (exact) mass is 355 g/mol. The molecular weight excluding hydrogens is 336 g/mol. The van der Waals surface area contributed by atoms with E-state index in [-0.39, 0.29) is 12.8 Å². The van der Waals surface area contributed by atoms with Crippen LogP contribution in [0.4, 0.5) is 8.78 Å². The second-order valence-electron chi connectivity index (χ2n) is 6.79. The summed E-state index contributed by atoms with van der Waals surface area (Å²) < 4.78 is 35.3. The molecule has 3 nitrogen and oxygen atoms in total. The lowest BCUT2D eigenvalue weighted by atomic mass is 9.92. The van der Waals surface area contributed by atoms with Crippen LogP contribution in [0.15, 0.2) is 42.5 Å². The number of carbonyl (C=O) groups is 1. The number of hydrogen-bond donors (Lipinski definition) is 0. The quantitative estimate of drug-likeness (QED) is 0.639. The van der Waals surface area contributed by atoms with Gasteiger partial charge in [-0.1, -0.05) is 12.1 Å². The fraction of sp³-hybridized carbons (Fsp3) is 0.286. The molecule has 0 saturated heterocycles. The first-order valence-electron chi connectivity index (χ1n) is 8.61. The molecule has 0 atom stereocenters. The zero-order chi connectivity index (χ0) is 18.3. The van der Waals surface area contributed by atoms with Crippen LogP contribution >= 0.6 is 0 Å². The van der Waals surface area contributed by atoms with Crippen molar-refractivity contribution in [2.24, 2.45) is 0 Å². The summed E-state index contributed by atoms with van der Waals surface area (Å²) in [6.07, 6.45) is 0.688. The van der Waals surface area contributed by atoms with Gasteiger partial charge in [-0.25, -0.2) is 8.78 Å². The van der Waals surface area contributed by atoms with E-state index in [2.05, 4.69) is 4.57 Å². The van der Waals surface area contributed by atoms with Gasteiger partial charge < -0.3 is 9.30 Å². The third-order valence-electron chi connectivity index (χ3n) is 5.11. The van der Waals surface area contributed by atoms with Crippen molar-refractivity contribution in [2.75, 3.05) is 7.11 Å². The standard InChI is InChI=1S/C21H19F2NO2/c1-26-16-5-2-14(3-6-16)12-24-19-7-4-15(13-25)10-17(19)18-11-21(22,23)9-8-20(18)24/h2-7,10,13H,8-9,11-12H2,1H3. The van der Waals surface area contributed by atoms with Crippen molar-refractivity contribution in [1.82, 2.24) is 4.57 Å². The number of halogens is 2. The van der Waals surface area contributed by atoms with Gasteiger partial charge in [0, 0.05) is 41.5 Å². The summed E-state index contributed by atoms with van der Waals surface area (Å²) in [5.74, 6) is -1.91. The number of fused-ring (bicyclic) bond motifs is 3. The van der Waals surface area contributed by atoms with Gasteiger partial charge in [0.1, 0.15) is 12.0 Å². The highest BCUT2D eigenvalue weighted by molar-refractivity contribution is 5.91. The average Bonchev–Trinajstić information content (AvgIpc) is 2.93. The van der Waals surface area contributed by atoms with E-state index in [1.165, 1.54) is 0 Å². The van der Waals surface area contributed by atoms with Crippen molar-refractivity contribution in [1.29, 1.82) is 0 Å². The number of methoxy groups -OCH3 is 1. The minimum atomic E-state index is -2.69. The summed E-state index contributed by atoms with van der Waals surface area (Å²) in [4.78, 5) is 11.1. The Labute approximate surface area is 150 Å². The number of benzene rings is 2. The number of aldehydes is 1. The zero-order valence-electron chi connectivity index (χ0n) is 14.5. The lowest BCUT2D eigenvalue weighted by molar-refractivity contribution is -0.0125. The Kier molecular flexibility index (Phi) is 4.02. The minimum absolute atomic E-state index is 0.139. The van der Waals surface area contributed by atoms with E-state index in [0.29, 0.717) is 24.1 Å². The molecule has 5 heteroatoms. The Morgan fingerprint density at radius 2 is 1.96 bits per heavy atom. The van der Waals surface area contributed by atoms with Crippen LogP contribution in [0.1, 0.15) is 33.6 Å². The van der Waals surface area contributed by atoms with Gasteiger partial charge in [-0.3, -0.25) is 4.79 Å². The first-order valence-corrected chi connectivity index (χ1v) is 8.61. The second-order valence-corrected chi connectivity index (χ2v) is 6.79. The number of aromatic nitrogens is 1. The van der Waals surface area contributed by atoms with E-state index in [4.69, 9.17) is 4.74 Å².